The van der Waals surface area contributed by atoms with Crippen molar-refractivity contribution in [2.24, 2.45) is 16.6 Å². The summed E-state index contributed by atoms with van der Waals surface area (Å²) in [4.78, 5) is 7.60. The van der Waals surface area contributed by atoms with Crippen molar-refractivity contribution < 1.29 is 5.11 Å². The van der Waals surface area contributed by atoms with E-state index in [4.69, 9.17) is 10.7 Å². The van der Waals surface area contributed by atoms with Gasteiger partial charge in [-0.05, 0) is 66.3 Å². The molecular formula is C25H39N3OS. The van der Waals surface area contributed by atoms with Crippen molar-refractivity contribution in [3.8, 4) is 0 Å². The van der Waals surface area contributed by atoms with Gasteiger partial charge in [0.25, 0.3) is 0 Å². The summed E-state index contributed by atoms with van der Waals surface area (Å²) in [6, 6.07) is 7.40. The molecule has 1 aromatic rings. The number of hydrogen-bond acceptors (Lipinski definition) is 5. The van der Waals surface area contributed by atoms with Crippen LogP contribution in [0.25, 0.3) is 0 Å². The normalized spacial score (nSPS) is 27.5. The highest BCUT2D eigenvalue weighted by molar-refractivity contribution is 8.14. The highest BCUT2D eigenvalue weighted by Gasteiger charge is 2.38. The number of nitrogens with two attached hydrogens (primary N) is 1. The molecule has 1 saturated heterocycles. The van der Waals surface area contributed by atoms with Gasteiger partial charge in [-0.15, -0.1) is 11.8 Å². The molecule has 166 valence electrons. The highest BCUT2D eigenvalue weighted by atomic mass is 32.2. The Morgan fingerprint density at radius 1 is 1.13 bits per heavy atom. The molecule has 0 bridgehead atoms. The lowest BCUT2D eigenvalue weighted by atomic mass is 9.63. The molecule has 2 aliphatic heterocycles. The maximum absolute atomic E-state index is 9.19. The average molecular weight is 430 g/mol. The maximum atomic E-state index is 9.19. The van der Waals surface area contributed by atoms with Crippen LogP contribution < -0.4 is 5.73 Å². The molecule has 2 heterocycles. The van der Waals surface area contributed by atoms with Crippen molar-refractivity contribution in [1.29, 1.82) is 0 Å². The van der Waals surface area contributed by atoms with E-state index in [1.165, 1.54) is 29.0 Å². The Labute approximate surface area is 186 Å². The van der Waals surface area contributed by atoms with Crippen molar-refractivity contribution in [3.05, 3.63) is 34.9 Å². The van der Waals surface area contributed by atoms with E-state index in [0.29, 0.717) is 12.0 Å². The molecule has 4 rings (SSSR count). The fourth-order valence-corrected chi connectivity index (χ4v) is 6.62. The summed E-state index contributed by atoms with van der Waals surface area (Å²) < 4.78 is 0. The van der Waals surface area contributed by atoms with Crippen molar-refractivity contribution >= 4 is 16.8 Å². The minimum absolute atomic E-state index is 0.0684. The number of piperidine rings is 1. The Morgan fingerprint density at radius 3 is 2.47 bits per heavy atom. The zero-order valence-corrected chi connectivity index (χ0v) is 20.0. The smallest absolute Gasteiger partial charge is 0.0853 e. The van der Waals surface area contributed by atoms with Gasteiger partial charge >= 0.3 is 0 Å². The number of fused-ring (bicyclic) bond motifs is 1. The van der Waals surface area contributed by atoms with Gasteiger partial charge in [0.05, 0.1) is 17.7 Å². The second-order valence-corrected chi connectivity index (χ2v) is 11.9. The van der Waals surface area contributed by atoms with Gasteiger partial charge in [-0.1, -0.05) is 45.9 Å². The Balaban J connectivity index is 1.46. The lowest BCUT2D eigenvalue weighted by Crippen LogP contribution is -2.44. The number of aliphatic hydroxyl groups excluding tert-OH is 1. The summed E-state index contributed by atoms with van der Waals surface area (Å²) >= 11 is 1.98. The van der Waals surface area contributed by atoms with Crippen molar-refractivity contribution in [2.45, 2.75) is 76.3 Å². The van der Waals surface area contributed by atoms with Crippen LogP contribution in [0.5, 0.6) is 0 Å². The second-order valence-electron chi connectivity index (χ2n) is 10.9. The monoisotopic (exact) mass is 429 g/mol. The van der Waals surface area contributed by atoms with E-state index in [1.807, 2.05) is 11.8 Å². The number of likely N-dealkylation sites (tertiary alicyclic amines) is 1. The van der Waals surface area contributed by atoms with E-state index in [9.17, 15) is 5.11 Å². The Hall–Kier alpha value is -0.880. The molecule has 1 fully saturated rings. The molecule has 2 atom stereocenters. The van der Waals surface area contributed by atoms with Crippen molar-refractivity contribution in [2.75, 3.05) is 32.0 Å². The second kappa shape index (κ2) is 8.57. The number of rotatable bonds is 5. The molecule has 0 saturated carbocycles. The molecule has 0 amide bonds. The van der Waals surface area contributed by atoms with E-state index in [1.54, 1.807) is 5.56 Å². The zero-order valence-electron chi connectivity index (χ0n) is 19.2. The van der Waals surface area contributed by atoms with Gasteiger partial charge in [0.1, 0.15) is 0 Å². The standard InChI is InChI=1S/C25H39N3OS/c1-24(2)9-10-25(3,4)21-13-18(5-6-20(21)24)22-16-30-23(27-22)17-7-11-28(12-8-17)14-19(26)15-29/h5-6,13,17,19,22,29H,7-12,14-16,26H2,1-4H3/t19-,22?/m0/s1. The van der Waals surface area contributed by atoms with Crippen LogP contribution in [-0.4, -0.2) is 53.1 Å². The first-order valence-corrected chi connectivity index (χ1v) is 12.6. The van der Waals surface area contributed by atoms with Crippen LogP contribution in [0.2, 0.25) is 0 Å². The molecule has 3 aliphatic rings. The summed E-state index contributed by atoms with van der Waals surface area (Å²) in [6.45, 7) is 12.6. The molecule has 0 spiro atoms. The third kappa shape index (κ3) is 4.50. The number of aliphatic hydroxyl groups is 1. The van der Waals surface area contributed by atoms with E-state index >= 15 is 0 Å². The molecule has 0 radical (unpaired) electrons. The molecule has 1 aliphatic carbocycles. The van der Waals surface area contributed by atoms with E-state index in [2.05, 4.69) is 50.8 Å². The Kier molecular flexibility index (Phi) is 6.38. The third-order valence-corrected chi connectivity index (χ3v) is 8.81. The number of benzene rings is 1. The van der Waals surface area contributed by atoms with Crippen LogP contribution in [0.1, 0.15) is 76.1 Å². The summed E-state index contributed by atoms with van der Waals surface area (Å²) in [6.07, 6.45) is 4.82. The lowest BCUT2D eigenvalue weighted by Gasteiger charge is -2.42. The van der Waals surface area contributed by atoms with Gasteiger partial charge in [-0.3, -0.25) is 4.99 Å². The van der Waals surface area contributed by atoms with Crippen LogP contribution in [0.4, 0.5) is 0 Å². The van der Waals surface area contributed by atoms with Gasteiger partial charge in [0.15, 0.2) is 0 Å². The van der Waals surface area contributed by atoms with E-state index in [-0.39, 0.29) is 23.5 Å². The summed E-state index contributed by atoms with van der Waals surface area (Å²) in [5, 5.41) is 10.6. The molecule has 5 heteroatoms. The van der Waals surface area contributed by atoms with Gasteiger partial charge in [0, 0.05) is 24.3 Å². The SMILES string of the molecule is CC1(C)CCC(C)(C)c2cc(C3CSC(C4CCN(C[C@H](N)CO)CC4)=N3)ccc21. The van der Waals surface area contributed by atoms with Crippen LogP contribution in [0.15, 0.2) is 23.2 Å². The maximum Gasteiger partial charge on any atom is 0.0853 e. The summed E-state index contributed by atoms with van der Waals surface area (Å²) in [5.41, 5.74) is 10.9. The molecule has 30 heavy (non-hydrogen) atoms. The van der Waals surface area contributed by atoms with Crippen LogP contribution in [0, 0.1) is 5.92 Å². The quantitative estimate of drug-likeness (QED) is 0.734. The van der Waals surface area contributed by atoms with Crippen LogP contribution >= 0.6 is 11.8 Å². The predicted molar refractivity (Wildman–Crippen MR) is 129 cm³/mol. The first kappa shape index (κ1) is 22.3. The molecule has 1 aromatic carbocycles. The Morgan fingerprint density at radius 2 is 1.80 bits per heavy atom. The number of aliphatic imine (C=N–C) groups is 1. The Bertz CT molecular complexity index is 796. The summed E-state index contributed by atoms with van der Waals surface area (Å²) in [5.74, 6) is 1.67. The first-order chi connectivity index (χ1) is 14.2. The first-order valence-electron chi connectivity index (χ1n) is 11.6. The zero-order chi connectivity index (χ0) is 21.5. The van der Waals surface area contributed by atoms with E-state index < -0.39 is 0 Å². The number of hydrogen-bond donors (Lipinski definition) is 2. The molecular weight excluding hydrogens is 390 g/mol. The summed E-state index contributed by atoms with van der Waals surface area (Å²) in [7, 11) is 0. The average Bonchev–Trinajstić information content (AvgIpc) is 3.22. The topological polar surface area (TPSA) is 61.8 Å². The fraction of sp³-hybridized carbons (Fsp3) is 0.720. The highest BCUT2D eigenvalue weighted by Crippen LogP contribution is 2.47. The molecule has 1 unspecified atom stereocenters. The van der Waals surface area contributed by atoms with Gasteiger partial charge in [0.2, 0.25) is 0 Å². The lowest BCUT2D eigenvalue weighted by molar-refractivity contribution is 0.170. The van der Waals surface area contributed by atoms with Gasteiger partial charge < -0.3 is 15.7 Å². The fourth-order valence-electron chi connectivity index (χ4n) is 5.35. The molecule has 4 nitrogen and oxygen atoms in total. The van der Waals surface area contributed by atoms with Crippen LogP contribution in [0.3, 0.4) is 0 Å². The van der Waals surface area contributed by atoms with Crippen molar-refractivity contribution in [1.82, 2.24) is 4.90 Å². The third-order valence-electron chi connectivity index (χ3n) is 7.60. The van der Waals surface area contributed by atoms with E-state index in [0.717, 1.165) is 38.2 Å². The largest absolute Gasteiger partial charge is 0.395 e. The number of nitrogens with zero attached hydrogens (tertiary/aromatic N) is 2. The molecule has 3 N–H and O–H groups in total. The minimum Gasteiger partial charge on any atom is -0.395 e. The minimum atomic E-state index is -0.123. The number of thioether (sulfide) groups is 1. The predicted octanol–water partition coefficient (Wildman–Crippen LogP) is 4.25. The van der Waals surface area contributed by atoms with Gasteiger partial charge in [-0.2, -0.15) is 0 Å². The van der Waals surface area contributed by atoms with Gasteiger partial charge in [-0.25, -0.2) is 0 Å². The van der Waals surface area contributed by atoms with Crippen LogP contribution in [-0.2, 0) is 10.8 Å². The molecule has 0 aromatic heterocycles. The van der Waals surface area contributed by atoms with Crippen molar-refractivity contribution in [3.63, 3.8) is 0 Å².